The summed E-state index contributed by atoms with van der Waals surface area (Å²) < 4.78 is 51.2. The Kier molecular flexibility index (Phi) is 5.90. The van der Waals surface area contributed by atoms with Gasteiger partial charge in [-0.2, -0.15) is 13.2 Å². The molecule has 8 heteroatoms. The molecule has 5 nitrogen and oxygen atoms in total. The highest BCUT2D eigenvalue weighted by atomic mass is 19.4. The van der Waals surface area contributed by atoms with Gasteiger partial charge in [-0.15, -0.1) is 0 Å². The van der Waals surface area contributed by atoms with E-state index in [9.17, 15) is 18.4 Å². The summed E-state index contributed by atoms with van der Waals surface area (Å²) in [5, 5.41) is 12.4. The van der Waals surface area contributed by atoms with Gasteiger partial charge >= 0.3 is 6.18 Å². The Bertz CT molecular complexity index is 921. The summed E-state index contributed by atoms with van der Waals surface area (Å²) in [5.74, 6) is 1.73. The van der Waals surface area contributed by atoms with Crippen LogP contribution in [0, 0.1) is 12.1 Å². The normalized spacial score (nSPS) is 23.1. The molecule has 31 heavy (non-hydrogen) atoms. The second kappa shape index (κ2) is 8.48. The van der Waals surface area contributed by atoms with Gasteiger partial charge in [-0.3, -0.25) is 4.90 Å². The quantitative estimate of drug-likeness (QED) is 0.472. The highest BCUT2D eigenvalue weighted by molar-refractivity contribution is 5.44. The number of hydrogen-bond acceptors (Lipinski definition) is 4. The van der Waals surface area contributed by atoms with Gasteiger partial charge in [-0.05, 0) is 49.9 Å². The van der Waals surface area contributed by atoms with Crippen LogP contribution in [0.15, 0.2) is 36.5 Å². The molecule has 0 radical (unpaired) electrons. The molecule has 0 spiro atoms. The predicted octanol–water partition coefficient (Wildman–Crippen LogP) is 5.01. The van der Waals surface area contributed by atoms with Gasteiger partial charge in [-0.1, -0.05) is 13.0 Å². The third-order valence-corrected chi connectivity index (χ3v) is 6.03. The maximum Gasteiger partial charge on any atom is 0.419 e. The largest absolute Gasteiger partial charge is 0.711 e. The average molecular weight is 436 g/mol. The van der Waals surface area contributed by atoms with Gasteiger partial charge in [-0.25, -0.2) is 4.73 Å². The van der Waals surface area contributed by atoms with E-state index >= 15 is 0 Å². The molecule has 4 rings (SSSR count). The Labute approximate surface area is 180 Å². The lowest BCUT2D eigenvalue weighted by atomic mass is 9.99. The SMILES string of the molecule is CCCOc1cc(C)ccc1OC1C[C@H]2CC[C@@H](C1)N2c1ccc(C(F)(F)F)c[n+]1[O-]. The monoisotopic (exact) mass is 436 g/mol. The molecular weight excluding hydrogens is 409 g/mol. The van der Waals surface area contributed by atoms with E-state index < -0.39 is 11.7 Å². The second-order valence-electron chi connectivity index (χ2n) is 8.40. The molecule has 1 unspecified atom stereocenters. The van der Waals surface area contributed by atoms with Crippen LogP contribution in [0.4, 0.5) is 19.0 Å². The molecule has 2 aliphatic rings. The lowest BCUT2D eigenvalue weighted by Gasteiger charge is -2.36. The van der Waals surface area contributed by atoms with Crippen LogP contribution in [0.3, 0.4) is 0 Å². The van der Waals surface area contributed by atoms with Crippen LogP contribution in [-0.4, -0.2) is 24.8 Å². The van der Waals surface area contributed by atoms with E-state index in [1.807, 2.05) is 36.9 Å². The molecule has 1 aromatic heterocycles. The van der Waals surface area contributed by atoms with Crippen molar-refractivity contribution in [3.8, 4) is 11.5 Å². The lowest BCUT2D eigenvalue weighted by molar-refractivity contribution is -0.594. The van der Waals surface area contributed by atoms with Crippen LogP contribution >= 0.6 is 0 Å². The molecule has 0 aliphatic carbocycles. The van der Waals surface area contributed by atoms with E-state index in [2.05, 4.69) is 0 Å². The van der Waals surface area contributed by atoms with E-state index in [0.717, 1.165) is 36.6 Å². The average Bonchev–Trinajstić information content (AvgIpc) is 2.97. The van der Waals surface area contributed by atoms with E-state index in [-0.39, 0.29) is 24.0 Å². The van der Waals surface area contributed by atoms with E-state index in [1.54, 1.807) is 0 Å². The standard InChI is InChI=1S/C23H27F3N2O3/c1-3-10-30-21-11-15(2)4-8-20(21)31-19-12-17-6-7-18(13-19)28(17)22-9-5-16(14-27(22)29)23(24,25)26/h4-5,8-9,11,14,17-19H,3,6-7,10,12-13H2,1-2H3/t17-,18+,19?. The number of pyridine rings is 1. The minimum atomic E-state index is -4.53. The van der Waals surface area contributed by atoms with Crippen molar-refractivity contribution in [3.05, 3.63) is 52.9 Å². The van der Waals surface area contributed by atoms with Crippen molar-refractivity contribution in [1.82, 2.24) is 0 Å². The van der Waals surface area contributed by atoms with Crippen molar-refractivity contribution in [2.75, 3.05) is 11.5 Å². The van der Waals surface area contributed by atoms with Gasteiger partial charge in [0.2, 0.25) is 0 Å². The summed E-state index contributed by atoms with van der Waals surface area (Å²) in [5.41, 5.74) is 0.159. The van der Waals surface area contributed by atoms with Crippen LogP contribution < -0.4 is 19.1 Å². The van der Waals surface area contributed by atoms with Crippen molar-refractivity contribution >= 4 is 5.82 Å². The van der Waals surface area contributed by atoms with E-state index in [4.69, 9.17) is 9.47 Å². The topological polar surface area (TPSA) is 48.6 Å². The summed E-state index contributed by atoms with van der Waals surface area (Å²) in [7, 11) is 0. The van der Waals surface area contributed by atoms with Crippen molar-refractivity contribution in [3.63, 3.8) is 0 Å². The van der Waals surface area contributed by atoms with Gasteiger partial charge in [0.05, 0.1) is 12.2 Å². The first-order valence-corrected chi connectivity index (χ1v) is 10.7. The zero-order valence-corrected chi connectivity index (χ0v) is 17.7. The fraction of sp³-hybridized carbons (Fsp3) is 0.522. The van der Waals surface area contributed by atoms with Gasteiger partial charge in [0.25, 0.3) is 5.82 Å². The van der Waals surface area contributed by atoms with Gasteiger partial charge in [0.1, 0.15) is 24.4 Å². The van der Waals surface area contributed by atoms with Crippen LogP contribution in [0.25, 0.3) is 0 Å². The van der Waals surface area contributed by atoms with Crippen molar-refractivity contribution < 1.29 is 27.4 Å². The zero-order valence-electron chi connectivity index (χ0n) is 17.7. The number of hydrogen-bond donors (Lipinski definition) is 0. The minimum Gasteiger partial charge on any atom is -0.711 e. The first kappa shape index (κ1) is 21.6. The second-order valence-corrected chi connectivity index (χ2v) is 8.40. The molecule has 2 aromatic rings. The van der Waals surface area contributed by atoms with Crippen molar-refractivity contribution in [2.45, 2.75) is 70.3 Å². The summed E-state index contributed by atoms with van der Waals surface area (Å²) in [4.78, 5) is 1.98. The molecule has 2 aliphatic heterocycles. The smallest absolute Gasteiger partial charge is 0.419 e. The molecule has 0 N–H and O–H groups in total. The number of aryl methyl sites for hydroxylation is 1. The van der Waals surface area contributed by atoms with E-state index in [0.29, 0.717) is 36.1 Å². The molecule has 168 valence electrons. The highest BCUT2D eigenvalue weighted by Crippen LogP contribution is 2.41. The summed E-state index contributed by atoms with van der Waals surface area (Å²) >= 11 is 0. The zero-order chi connectivity index (χ0) is 22.2. The maximum absolute atomic E-state index is 12.9. The predicted molar refractivity (Wildman–Crippen MR) is 110 cm³/mol. The fourth-order valence-corrected chi connectivity index (χ4v) is 4.66. The van der Waals surface area contributed by atoms with Crippen LogP contribution in [-0.2, 0) is 6.18 Å². The summed E-state index contributed by atoms with van der Waals surface area (Å²) in [6, 6.07) is 8.28. The Hall–Kier alpha value is -2.64. The summed E-state index contributed by atoms with van der Waals surface area (Å²) in [6.07, 6.45) is 0.152. The number of piperidine rings is 1. The third-order valence-electron chi connectivity index (χ3n) is 6.03. The van der Waals surface area contributed by atoms with Gasteiger partial charge in [0, 0.05) is 18.9 Å². The van der Waals surface area contributed by atoms with Crippen LogP contribution in [0.5, 0.6) is 11.5 Å². The van der Waals surface area contributed by atoms with Gasteiger partial charge < -0.3 is 14.7 Å². The maximum atomic E-state index is 12.9. The number of aromatic nitrogens is 1. The number of halogens is 3. The number of ether oxygens (including phenoxy) is 2. The number of fused-ring (bicyclic) bond motifs is 2. The molecule has 1 aromatic carbocycles. The molecule has 3 heterocycles. The molecule has 0 saturated carbocycles. The number of alkyl halides is 3. The summed E-state index contributed by atoms with van der Waals surface area (Å²) in [6.45, 7) is 4.66. The van der Waals surface area contributed by atoms with Crippen molar-refractivity contribution in [1.29, 1.82) is 0 Å². The number of benzene rings is 1. The molecule has 3 atom stereocenters. The van der Waals surface area contributed by atoms with Crippen molar-refractivity contribution in [2.24, 2.45) is 0 Å². The Morgan fingerprint density at radius 2 is 1.81 bits per heavy atom. The Morgan fingerprint density at radius 3 is 2.42 bits per heavy atom. The molecule has 2 fully saturated rings. The van der Waals surface area contributed by atoms with Crippen LogP contribution in [0.1, 0.15) is 50.2 Å². The Balaban J connectivity index is 1.49. The fourth-order valence-electron chi connectivity index (χ4n) is 4.66. The molecule has 0 amide bonds. The van der Waals surface area contributed by atoms with E-state index in [1.165, 1.54) is 6.07 Å². The molecular formula is C23H27F3N2O3. The number of rotatable bonds is 6. The van der Waals surface area contributed by atoms with Gasteiger partial charge in [0.15, 0.2) is 11.5 Å². The first-order chi connectivity index (χ1) is 14.8. The minimum absolute atomic E-state index is 0.0324. The lowest BCUT2D eigenvalue weighted by Crippen LogP contribution is -2.51. The molecule has 2 saturated heterocycles. The number of anilines is 1. The first-order valence-electron chi connectivity index (χ1n) is 10.7. The highest BCUT2D eigenvalue weighted by Gasteiger charge is 2.48. The molecule has 2 bridgehead atoms. The Morgan fingerprint density at radius 1 is 1.10 bits per heavy atom. The van der Waals surface area contributed by atoms with Crippen LogP contribution in [0.2, 0.25) is 0 Å². The number of nitrogens with zero attached hydrogens (tertiary/aromatic N) is 2. The third kappa shape index (κ3) is 4.52.